The molecule has 2 atom stereocenters. The molecule has 0 bridgehead atoms. The van der Waals surface area contributed by atoms with Gasteiger partial charge < -0.3 is 10.6 Å². The average molecular weight is 418 g/mol. The smallest absolute Gasteiger partial charge is 0.225 e. The molecule has 1 aliphatic rings. The van der Waals surface area contributed by atoms with E-state index in [0.29, 0.717) is 13.1 Å². The molecule has 1 fully saturated rings. The van der Waals surface area contributed by atoms with Gasteiger partial charge in [0.05, 0.1) is 17.8 Å². The van der Waals surface area contributed by atoms with Crippen LogP contribution < -0.4 is 10.6 Å². The Morgan fingerprint density at radius 3 is 2.89 bits per heavy atom. The zero-order valence-electron chi connectivity index (χ0n) is 15.7. The molecule has 1 amide bonds. The number of carbonyl (C=O) groups excluding carboxylic acids is 1. The summed E-state index contributed by atoms with van der Waals surface area (Å²) in [5.74, 6) is 0.236. The molecule has 4 rings (SSSR count). The molecule has 0 unspecified atom stereocenters. The predicted molar refractivity (Wildman–Crippen MR) is 114 cm³/mol. The van der Waals surface area contributed by atoms with Crippen molar-refractivity contribution in [2.24, 2.45) is 13.0 Å². The van der Waals surface area contributed by atoms with Crippen LogP contribution in [0.15, 0.2) is 48.1 Å². The lowest BCUT2D eigenvalue weighted by atomic mass is 9.90. The number of hydrogen-bond acceptors (Lipinski definition) is 5. The molecule has 2 aromatic heterocycles. The van der Waals surface area contributed by atoms with Crippen molar-refractivity contribution in [1.29, 1.82) is 0 Å². The van der Waals surface area contributed by atoms with E-state index in [9.17, 15) is 4.79 Å². The number of rotatable bonds is 6. The summed E-state index contributed by atoms with van der Waals surface area (Å²) >= 11 is 1.64. The molecule has 1 aliphatic heterocycles. The lowest BCUT2D eigenvalue weighted by molar-refractivity contribution is -0.124. The number of aromatic nitrogens is 3. The first-order chi connectivity index (χ1) is 13.2. The van der Waals surface area contributed by atoms with Gasteiger partial charge in [-0.05, 0) is 5.56 Å². The second kappa shape index (κ2) is 9.32. The summed E-state index contributed by atoms with van der Waals surface area (Å²) in [6.07, 6.45) is 4.60. The first-order valence-electron chi connectivity index (χ1n) is 9.17. The van der Waals surface area contributed by atoms with Crippen LogP contribution >= 0.6 is 23.7 Å². The van der Waals surface area contributed by atoms with Crippen molar-refractivity contribution in [3.8, 4) is 10.6 Å². The Morgan fingerprint density at radius 1 is 1.32 bits per heavy atom. The fourth-order valence-electron chi connectivity index (χ4n) is 3.52. The Morgan fingerprint density at radius 2 is 2.14 bits per heavy atom. The quantitative estimate of drug-likeness (QED) is 0.646. The van der Waals surface area contributed by atoms with E-state index in [-0.39, 0.29) is 30.2 Å². The average Bonchev–Trinajstić information content (AvgIpc) is 3.42. The summed E-state index contributed by atoms with van der Waals surface area (Å²) in [5.41, 5.74) is 3.27. The van der Waals surface area contributed by atoms with E-state index in [0.717, 1.165) is 34.8 Å². The number of nitrogens with one attached hydrogen (secondary N) is 2. The Balaban J connectivity index is 0.00000225. The summed E-state index contributed by atoms with van der Waals surface area (Å²) in [7, 11) is 1.90. The SMILES string of the molecule is Cl.Cn1cc([C@H]2CNC[C@@H]2C(=O)NCCc2csc(-c3ccccc3)n2)cn1. The van der Waals surface area contributed by atoms with Crippen LogP contribution in [0.4, 0.5) is 0 Å². The first kappa shape index (κ1) is 20.5. The van der Waals surface area contributed by atoms with Crippen LogP contribution in [-0.4, -0.2) is 40.3 Å². The summed E-state index contributed by atoms with van der Waals surface area (Å²) in [6, 6.07) is 10.2. The molecule has 8 heteroatoms. The summed E-state index contributed by atoms with van der Waals surface area (Å²) in [4.78, 5) is 17.3. The van der Waals surface area contributed by atoms with E-state index in [1.54, 1.807) is 16.0 Å². The van der Waals surface area contributed by atoms with E-state index in [1.165, 1.54) is 0 Å². The minimum Gasteiger partial charge on any atom is -0.355 e. The number of thiazole rings is 1. The normalized spacial score (nSPS) is 18.6. The molecular weight excluding hydrogens is 394 g/mol. The number of nitrogens with zero attached hydrogens (tertiary/aromatic N) is 3. The maximum absolute atomic E-state index is 12.7. The molecule has 0 aliphatic carbocycles. The second-order valence-corrected chi connectivity index (χ2v) is 7.73. The highest BCUT2D eigenvalue weighted by Crippen LogP contribution is 2.28. The first-order valence-corrected chi connectivity index (χ1v) is 10.1. The second-order valence-electron chi connectivity index (χ2n) is 6.87. The Hall–Kier alpha value is -2.22. The van der Waals surface area contributed by atoms with Crippen LogP contribution in [0.3, 0.4) is 0 Å². The maximum Gasteiger partial charge on any atom is 0.225 e. The molecule has 1 aromatic carbocycles. The van der Waals surface area contributed by atoms with Gasteiger partial charge in [-0.3, -0.25) is 9.48 Å². The number of benzene rings is 1. The molecule has 3 heterocycles. The van der Waals surface area contributed by atoms with Crippen LogP contribution in [0, 0.1) is 5.92 Å². The Bertz CT molecular complexity index is 910. The van der Waals surface area contributed by atoms with Crippen LogP contribution in [0.5, 0.6) is 0 Å². The molecule has 28 heavy (non-hydrogen) atoms. The minimum absolute atomic E-state index is 0. The zero-order valence-corrected chi connectivity index (χ0v) is 17.3. The Kier molecular flexibility index (Phi) is 6.83. The fraction of sp³-hybridized carbons (Fsp3) is 0.350. The Labute approximate surface area is 174 Å². The molecule has 6 nitrogen and oxygen atoms in total. The molecule has 2 N–H and O–H groups in total. The molecule has 1 saturated heterocycles. The number of aryl methyl sites for hydroxylation is 1. The van der Waals surface area contributed by atoms with Gasteiger partial charge in [0, 0.05) is 56.2 Å². The third kappa shape index (κ3) is 4.60. The maximum atomic E-state index is 12.7. The van der Waals surface area contributed by atoms with Crippen molar-refractivity contribution in [3.63, 3.8) is 0 Å². The van der Waals surface area contributed by atoms with E-state index in [4.69, 9.17) is 0 Å². The van der Waals surface area contributed by atoms with Gasteiger partial charge in [-0.25, -0.2) is 4.98 Å². The third-order valence-electron chi connectivity index (χ3n) is 4.96. The van der Waals surface area contributed by atoms with E-state index in [1.807, 2.05) is 37.6 Å². The molecule has 0 radical (unpaired) electrons. The van der Waals surface area contributed by atoms with Gasteiger partial charge in [-0.2, -0.15) is 5.10 Å². The van der Waals surface area contributed by atoms with Gasteiger partial charge in [-0.1, -0.05) is 30.3 Å². The monoisotopic (exact) mass is 417 g/mol. The highest BCUT2D eigenvalue weighted by molar-refractivity contribution is 7.13. The number of amides is 1. The van der Waals surface area contributed by atoms with Gasteiger partial charge in [0.15, 0.2) is 0 Å². The van der Waals surface area contributed by atoms with Crippen molar-refractivity contribution in [2.45, 2.75) is 12.3 Å². The van der Waals surface area contributed by atoms with Crippen molar-refractivity contribution in [3.05, 3.63) is 59.4 Å². The molecule has 3 aromatic rings. The van der Waals surface area contributed by atoms with Gasteiger partial charge in [0.2, 0.25) is 5.91 Å². The van der Waals surface area contributed by atoms with Crippen LogP contribution in [0.2, 0.25) is 0 Å². The predicted octanol–water partition coefficient (Wildman–Crippen LogP) is 2.63. The third-order valence-corrected chi connectivity index (χ3v) is 5.90. The highest BCUT2D eigenvalue weighted by Gasteiger charge is 2.34. The topological polar surface area (TPSA) is 71.8 Å². The standard InChI is InChI=1S/C20H23N5OS.ClH/c1-25-12-15(9-23-25)17-10-21-11-18(17)19(26)22-8-7-16-13-27-20(24-16)14-5-3-2-4-6-14;/h2-6,9,12-13,17-18,21H,7-8,10-11H2,1H3,(H,22,26);1H/t17-,18+;/m1./s1. The van der Waals surface area contributed by atoms with Gasteiger partial charge >= 0.3 is 0 Å². The van der Waals surface area contributed by atoms with Crippen molar-refractivity contribution in [1.82, 2.24) is 25.4 Å². The zero-order chi connectivity index (χ0) is 18.6. The number of carbonyl (C=O) groups is 1. The summed E-state index contributed by atoms with van der Waals surface area (Å²) in [5, 5.41) is 13.7. The van der Waals surface area contributed by atoms with Crippen LogP contribution in [0.1, 0.15) is 17.2 Å². The lowest BCUT2D eigenvalue weighted by Gasteiger charge is -2.16. The van der Waals surface area contributed by atoms with E-state index >= 15 is 0 Å². The highest BCUT2D eigenvalue weighted by atomic mass is 35.5. The summed E-state index contributed by atoms with van der Waals surface area (Å²) in [6.45, 7) is 2.13. The minimum atomic E-state index is -0.0514. The van der Waals surface area contributed by atoms with Gasteiger partial charge in [0.25, 0.3) is 0 Å². The molecule has 148 valence electrons. The largest absolute Gasteiger partial charge is 0.355 e. The van der Waals surface area contributed by atoms with Crippen molar-refractivity contribution < 1.29 is 4.79 Å². The lowest BCUT2D eigenvalue weighted by Crippen LogP contribution is -2.35. The summed E-state index contributed by atoms with van der Waals surface area (Å²) < 4.78 is 1.79. The van der Waals surface area contributed by atoms with Gasteiger partial charge in [0.1, 0.15) is 5.01 Å². The molecule has 0 saturated carbocycles. The molecule has 0 spiro atoms. The van der Waals surface area contributed by atoms with Crippen LogP contribution in [0.25, 0.3) is 10.6 Å². The van der Waals surface area contributed by atoms with Crippen LogP contribution in [-0.2, 0) is 18.3 Å². The molecular formula is C20H24ClN5OS. The van der Waals surface area contributed by atoms with Crippen molar-refractivity contribution >= 4 is 29.7 Å². The van der Waals surface area contributed by atoms with Gasteiger partial charge in [-0.15, -0.1) is 23.7 Å². The number of hydrogen-bond donors (Lipinski definition) is 2. The van der Waals surface area contributed by atoms with E-state index in [2.05, 4.69) is 38.2 Å². The fourth-order valence-corrected chi connectivity index (χ4v) is 4.38. The van der Waals surface area contributed by atoms with Crippen molar-refractivity contribution in [2.75, 3.05) is 19.6 Å². The van der Waals surface area contributed by atoms with E-state index < -0.39 is 0 Å². The number of halogens is 1.